The lowest BCUT2D eigenvalue weighted by atomic mass is 10.8. The summed E-state index contributed by atoms with van der Waals surface area (Å²) in [5.74, 6) is -0.441. The van der Waals surface area contributed by atoms with Gasteiger partial charge in [-0.2, -0.15) is 8.42 Å². The van der Waals surface area contributed by atoms with Crippen LogP contribution in [0.1, 0.15) is 0 Å². The van der Waals surface area contributed by atoms with Gasteiger partial charge in [0.2, 0.25) is 0 Å². The van der Waals surface area contributed by atoms with Crippen LogP contribution < -0.4 is 5.32 Å². The molecule has 0 aliphatic rings. The van der Waals surface area contributed by atoms with Crippen molar-refractivity contribution in [3.05, 3.63) is 0 Å². The van der Waals surface area contributed by atoms with Crippen molar-refractivity contribution in [1.29, 1.82) is 0 Å². The van der Waals surface area contributed by atoms with Gasteiger partial charge in [0.25, 0.3) is 0 Å². The molecular weight excluding hydrogens is 169 g/mol. The zero-order chi connectivity index (χ0) is 6.62. The van der Waals surface area contributed by atoms with E-state index in [0.717, 1.165) is 0 Å². The van der Waals surface area contributed by atoms with Gasteiger partial charge in [0.15, 0.2) is 0 Å². The van der Waals surface area contributed by atoms with E-state index in [1.807, 2.05) is 0 Å². The van der Waals surface area contributed by atoms with Crippen molar-refractivity contribution in [3.8, 4) is 0 Å². The molecule has 0 aliphatic heterocycles. The van der Waals surface area contributed by atoms with Gasteiger partial charge in [-0.25, -0.2) is 0 Å². The van der Waals surface area contributed by atoms with Gasteiger partial charge in [-0.15, -0.1) is 16.3 Å². The van der Waals surface area contributed by atoms with E-state index >= 15 is 0 Å². The second kappa shape index (κ2) is 4.96. The van der Waals surface area contributed by atoms with Crippen LogP contribution >= 0.6 is 12.4 Å². The Kier molecular flexibility index (Phi) is 6.54. The van der Waals surface area contributed by atoms with Gasteiger partial charge < -0.3 is 5.32 Å². The number of hydrogen-bond acceptors (Lipinski definition) is 3. The van der Waals surface area contributed by atoms with E-state index in [4.69, 9.17) is 0 Å². The number of hydrogen-bond donors (Lipinski definition) is 1. The molecule has 0 spiro atoms. The lowest BCUT2D eigenvalue weighted by Crippen LogP contribution is -2.16. The molecule has 0 amide bonds. The first-order chi connectivity index (χ1) is 3.56. The number of rotatable bonds is 3. The summed E-state index contributed by atoms with van der Waals surface area (Å²) in [4.78, 5) is 0. The van der Waals surface area contributed by atoms with E-state index in [-0.39, 0.29) is 19.0 Å². The molecule has 0 heterocycles. The molecule has 0 aromatic carbocycles. The molecular formula is C3H9ClFNO2S. The average molecular weight is 178 g/mol. The van der Waals surface area contributed by atoms with Crippen molar-refractivity contribution in [2.45, 2.75) is 0 Å². The molecule has 1 N–H and O–H groups in total. The van der Waals surface area contributed by atoms with E-state index in [9.17, 15) is 12.3 Å². The maximum atomic E-state index is 11.5. The van der Waals surface area contributed by atoms with Gasteiger partial charge >= 0.3 is 10.2 Å². The molecule has 0 rings (SSSR count). The Labute approximate surface area is 60.3 Å². The Hall–Kier alpha value is 0.130. The minimum atomic E-state index is -4.25. The minimum Gasteiger partial charge on any atom is -0.319 e. The van der Waals surface area contributed by atoms with Crippen LogP contribution in [0.15, 0.2) is 0 Å². The monoisotopic (exact) mass is 177 g/mol. The fourth-order valence-electron chi connectivity index (χ4n) is 0.224. The minimum absolute atomic E-state index is 0. The normalized spacial score (nSPS) is 10.4. The van der Waals surface area contributed by atoms with Crippen LogP contribution in [0.5, 0.6) is 0 Å². The van der Waals surface area contributed by atoms with Crippen LogP contribution in [0, 0.1) is 0 Å². The predicted molar refractivity (Wildman–Crippen MR) is 36.1 cm³/mol. The highest BCUT2D eigenvalue weighted by atomic mass is 35.5. The van der Waals surface area contributed by atoms with Crippen molar-refractivity contribution in [2.24, 2.45) is 0 Å². The van der Waals surface area contributed by atoms with Crippen LogP contribution in [0.4, 0.5) is 3.89 Å². The molecule has 3 nitrogen and oxygen atoms in total. The lowest BCUT2D eigenvalue weighted by Gasteiger charge is -1.90. The van der Waals surface area contributed by atoms with Gasteiger partial charge in [-0.05, 0) is 7.05 Å². The second-order valence-electron chi connectivity index (χ2n) is 1.35. The Morgan fingerprint density at radius 1 is 1.56 bits per heavy atom. The summed E-state index contributed by atoms with van der Waals surface area (Å²) in [6.45, 7) is 0.166. The van der Waals surface area contributed by atoms with Gasteiger partial charge in [0.05, 0.1) is 5.75 Å². The molecule has 0 atom stereocenters. The molecule has 0 unspecified atom stereocenters. The zero-order valence-electron chi connectivity index (χ0n) is 4.93. The van der Waals surface area contributed by atoms with Gasteiger partial charge in [0, 0.05) is 6.54 Å². The number of halogens is 2. The molecule has 9 heavy (non-hydrogen) atoms. The quantitative estimate of drug-likeness (QED) is 0.614. The van der Waals surface area contributed by atoms with E-state index in [1.54, 1.807) is 7.05 Å². The Balaban J connectivity index is 0. The molecule has 0 radical (unpaired) electrons. The maximum absolute atomic E-state index is 11.5. The van der Waals surface area contributed by atoms with Crippen LogP contribution in [-0.4, -0.2) is 27.8 Å². The standard InChI is InChI=1S/C3H8FNO2S.ClH/c1-5-2-3-8(4,6)7;/h5H,2-3H2,1H3;1H. The topological polar surface area (TPSA) is 46.2 Å². The van der Waals surface area contributed by atoms with Crippen molar-refractivity contribution in [1.82, 2.24) is 5.32 Å². The third-order valence-electron chi connectivity index (χ3n) is 0.596. The summed E-state index contributed by atoms with van der Waals surface area (Å²) in [7, 11) is -2.69. The Morgan fingerprint density at radius 3 is 2.11 bits per heavy atom. The van der Waals surface area contributed by atoms with E-state index in [1.165, 1.54) is 0 Å². The molecule has 6 heteroatoms. The van der Waals surface area contributed by atoms with Gasteiger partial charge in [-0.1, -0.05) is 0 Å². The third-order valence-corrected chi connectivity index (χ3v) is 1.29. The van der Waals surface area contributed by atoms with Crippen LogP contribution in [-0.2, 0) is 10.2 Å². The van der Waals surface area contributed by atoms with E-state index in [2.05, 4.69) is 5.32 Å². The third kappa shape index (κ3) is 11.6. The first-order valence-electron chi connectivity index (χ1n) is 2.13. The fourth-order valence-corrected chi connectivity index (χ4v) is 0.672. The van der Waals surface area contributed by atoms with E-state index in [0.29, 0.717) is 0 Å². The first kappa shape index (κ1) is 11.9. The largest absolute Gasteiger partial charge is 0.319 e. The zero-order valence-corrected chi connectivity index (χ0v) is 6.56. The SMILES string of the molecule is CNCCS(=O)(=O)F.Cl. The molecule has 0 aliphatic carbocycles. The molecule has 58 valence electrons. The smallest absolute Gasteiger partial charge is 0.303 e. The van der Waals surface area contributed by atoms with Gasteiger partial charge in [0.1, 0.15) is 0 Å². The molecule has 0 bridgehead atoms. The molecule has 0 fully saturated rings. The Morgan fingerprint density at radius 2 is 2.00 bits per heavy atom. The first-order valence-corrected chi connectivity index (χ1v) is 3.68. The molecule has 0 aromatic heterocycles. The Bertz CT molecular complexity index is 146. The van der Waals surface area contributed by atoms with Crippen LogP contribution in [0.2, 0.25) is 0 Å². The molecule has 0 saturated carbocycles. The summed E-state index contributed by atoms with van der Waals surface area (Å²) >= 11 is 0. The van der Waals surface area contributed by atoms with Crippen LogP contribution in [0.3, 0.4) is 0 Å². The fraction of sp³-hybridized carbons (Fsp3) is 1.00. The van der Waals surface area contributed by atoms with Crippen molar-refractivity contribution in [2.75, 3.05) is 19.3 Å². The molecule has 0 aromatic rings. The lowest BCUT2D eigenvalue weighted by molar-refractivity contribution is 0.550. The van der Waals surface area contributed by atoms with E-state index < -0.39 is 16.0 Å². The predicted octanol–water partition coefficient (Wildman–Crippen LogP) is -0.0731. The summed E-state index contributed by atoms with van der Waals surface area (Å²) in [5, 5.41) is 2.51. The number of nitrogens with one attached hydrogen (secondary N) is 1. The van der Waals surface area contributed by atoms with Crippen molar-refractivity contribution in [3.63, 3.8) is 0 Å². The summed E-state index contributed by atoms with van der Waals surface area (Å²) in [5.41, 5.74) is 0. The highest BCUT2D eigenvalue weighted by molar-refractivity contribution is 7.86. The second-order valence-corrected chi connectivity index (χ2v) is 2.83. The summed E-state index contributed by atoms with van der Waals surface area (Å²) in [6, 6.07) is 0. The maximum Gasteiger partial charge on any atom is 0.303 e. The van der Waals surface area contributed by atoms with Crippen molar-refractivity contribution >= 4 is 22.6 Å². The summed E-state index contributed by atoms with van der Waals surface area (Å²) in [6.07, 6.45) is 0. The summed E-state index contributed by atoms with van der Waals surface area (Å²) < 4.78 is 30.9. The van der Waals surface area contributed by atoms with Crippen molar-refractivity contribution < 1.29 is 12.3 Å². The van der Waals surface area contributed by atoms with Gasteiger partial charge in [-0.3, -0.25) is 0 Å². The highest BCUT2D eigenvalue weighted by Crippen LogP contribution is 1.86. The highest BCUT2D eigenvalue weighted by Gasteiger charge is 2.03. The van der Waals surface area contributed by atoms with Crippen LogP contribution in [0.25, 0.3) is 0 Å². The molecule has 0 saturated heterocycles. The average Bonchev–Trinajstić information content (AvgIpc) is 1.59.